The molecule has 0 aromatic heterocycles. The van der Waals surface area contributed by atoms with Crippen LogP contribution in [0.25, 0.3) is 0 Å². The summed E-state index contributed by atoms with van der Waals surface area (Å²) in [7, 11) is 0. The molecule has 2 nitrogen and oxygen atoms in total. The molecular weight excluding hydrogens is 176 g/mol. The quantitative estimate of drug-likeness (QED) is 0.682. The maximum atomic E-state index is 9.26. The van der Waals surface area contributed by atoms with Crippen LogP contribution in [0.1, 0.15) is 5.56 Å². The van der Waals surface area contributed by atoms with Crippen molar-refractivity contribution in [2.24, 2.45) is 0 Å². The fraction of sp³-hybridized carbons (Fsp3) is 0.167. The van der Waals surface area contributed by atoms with Crippen molar-refractivity contribution in [1.29, 1.82) is 0 Å². The summed E-state index contributed by atoms with van der Waals surface area (Å²) in [6.45, 7) is 0. The fourth-order valence-electron chi connectivity index (χ4n) is 1.92. The zero-order valence-corrected chi connectivity index (χ0v) is 7.55. The summed E-state index contributed by atoms with van der Waals surface area (Å²) in [6.07, 6.45) is 5.36. The number of ether oxygens (including phenoxy) is 1. The predicted octanol–water partition coefficient (Wildman–Crippen LogP) is 2.29. The second-order valence-corrected chi connectivity index (χ2v) is 3.62. The highest BCUT2D eigenvalue weighted by atomic mass is 16.6. The highest BCUT2D eigenvalue weighted by Crippen LogP contribution is 2.50. The molecule has 1 heterocycles. The molecule has 0 amide bonds. The lowest BCUT2D eigenvalue weighted by atomic mass is 9.92. The van der Waals surface area contributed by atoms with Crippen molar-refractivity contribution in [2.45, 2.75) is 11.7 Å². The van der Waals surface area contributed by atoms with Gasteiger partial charge in [-0.15, -0.1) is 0 Å². The molecule has 3 rings (SSSR count). The lowest BCUT2D eigenvalue weighted by Crippen LogP contribution is -2.11. The van der Waals surface area contributed by atoms with Gasteiger partial charge in [0.1, 0.15) is 17.5 Å². The average Bonchev–Trinajstić information content (AvgIpc) is 2.94. The summed E-state index contributed by atoms with van der Waals surface area (Å²) in [5, 5.41) is 9.26. The number of hydrogen-bond donors (Lipinski definition) is 1. The third-order valence-electron chi connectivity index (χ3n) is 2.74. The Kier molecular flexibility index (Phi) is 1.39. The van der Waals surface area contributed by atoms with E-state index in [0.717, 1.165) is 5.56 Å². The monoisotopic (exact) mass is 186 g/mol. The number of hydrogen-bond acceptors (Lipinski definition) is 2. The van der Waals surface area contributed by atoms with Gasteiger partial charge in [-0.1, -0.05) is 30.3 Å². The lowest BCUT2D eigenvalue weighted by Gasteiger charge is -2.09. The summed E-state index contributed by atoms with van der Waals surface area (Å²) in [5.41, 5.74) is 0.845. The molecular formula is C12H10O2. The van der Waals surface area contributed by atoms with Crippen molar-refractivity contribution in [1.82, 2.24) is 0 Å². The molecule has 1 aromatic rings. The standard InChI is InChI=1S/C12H10O2/c13-10-6-7-12(11(8-10)14-12)9-4-2-1-3-5-9/h1-8,11,13H. The first kappa shape index (κ1) is 7.83. The van der Waals surface area contributed by atoms with Gasteiger partial charge in [-0.3, -0.25) is 0 Å². The Morgan fingerprint density at radius 1 is 1.21 bits per heavy atom. The molecule has 70 valence electrons. The van der Waals surface area contributed by atoms with Crippen molar-refractivity contribution in [3.8, 4) is 0 Å². The normalized spacial score (nSPS) is 33.4. The van der Waals surface area contributed by atoms with Crippen LogP contribution < -0.4 is 0 Å². The number of fused-ring (bicyclic) bond motifs is 1. The van der Waals surface area contributed by atoms with Gasteiger partial charge in [0, 0.05) is 0 Å². The third kappa shape index (κ3) is 0.946. The summed E-state index contributed by atoms with van der Waals surface area (Å²) in [5.74, 6) is 0.291. The molecule has 2 heteroatoms. The lowest BCUT2D eigenvalue weighted by molar-refractivity contribution is 0.345. The summed E-state index contributed by atoms with van der Waals surface area (Å²) in [6, 6.07) is 10.1. The first-order chi connectivity index (χ1) is 6.81. The Balaban J connectivity index is 2.01. The van der Waals surface area contributed by atoms with Crippen LogP contribution in [-0.2, 0) is 10.3 Å². The van der Waals surface area contributed by atoms with Gasteiger partial charge >= 0.3 is 0 Å². The average molecular weight is 186 g/mol. The Morgan fingerprint density at radius 2 is 2.00 bits per heavy atom. The molecule has 2 unspecified atom stereocenters. The van der Waals surface area contributed by atoms with Crippen molar-refractivity contribution in [2.75, 3.05) is 0 Å². The van der Waals surface area contributed by atoms with Crippen LogP contribution in [0.15, 0.2) is 54.3 Å². The number of aliphatic hydroxyl groups is 1. The molecule has 1 aromatic carbocycles. The van der Waals surface area contributed by atoms with Gasteiger partial charge in [0.25, 0.3) is 0 Å². The van der Waals surface area contributed by atoms with Crippen LogP contribution in [-0.4, -0.2) is 11.2 Å². The van der Waals surface area contributed by atoms with E-state index in [-0.39, 0.29) is 11.7 Å². The fourth-order valence-corrected chi connectivity index (χ4v) is 1.92. The van der Waals surface area contributed by atoms with Crippen LogP contribution in [0.3, 0.4) is 0 Å². The number of epoxide rings is 1. The molecule has 1 fully saturated rings. The van der Waals surface area contributed by atoms with Crippen LogP contribution in [0.4, 0.5) is 0 Å². The third-order valence-corrected chi connectivity index (χ3v) is 2.74. The number of allylic oxidation sites excluding steroid dienone is 1. The van der Waals surface area contributed by atoms with E-state index in [1.54, 1.807) is 12.2 Å². The van der Waals surface area contributed by atoms with Gasteiger partial charge in [-0.05, 0) is 23.8 Å². The molecule has 1 saturated heterocycles. The minimum absolute atomic E-state index is 0.00917. The zero-order chi connectivity index (χ0) is 9.60. The molecule has 0 radical (unpaired) electrons. The van der Waals surface area contributed by atoms with Crippen LogP contribution in [0.5, 0.6) is 0 Å². The maximum absolute atomic E-state index is 9.26. The van der Waals surface area contributed by atoms with E-state index in [1.165, 1.54) is 0 Å². The minimum Gasteiger partial charge on any atom is -0.508 e. The molecule has 0 saturated carbocycles. The van der Waals surface area contributed by atoms with E-state index in [4.69, 9.17) is 4.74 Å². The largest absolute Gasteiger partial charge is 0.508 e. The molecule has 14 heavy (non-hydrogen) atoms. The summed E-state index contributed by atoms with van der Waals surface area (Å²) in [4.78, 5) is 0. The Morgan fingerprint density at radius 3 is 2.71 bits per heavy atom. The Bertz CT molecular complexity index is 419. The second kappa shape index (κ2) is 2.49. The molecule has 1 aliphatic heterocycles. The van der Waals surface area contributed by atoms with E-state index in [2.05, 4.69) is 0 Å². The van der Waals surface area contributed by atoms with E-state index >= 15 is 0 Å². The predicted molar refractivity (Wildman–Crippen MR) is 52.8 cm³/mol. The summed E-state index contributed by atoms with van der Waals surface area (Å²) >= 11 is 0. The molecule has 1 aliphatic carbocycles. The first-order valence-corrected chi connectivity index (χ1v) is 4.65. The van der Waals surface area contributed by atoms with Crippen LogP contribution >= 0.6 is 0 Å². The first-order valence-electron chi connectivity index (χ1n) is 4.65. The number of rotatable bonds is 1. The van der Waals surface area contributed by atoms with Crippen molar-refractivity contribution in [3.63, 3.8) is 0 Å². The SMILES string of the molecule is OC1=CC2OC2(c2ccccc2)C=C1. The smallest absolute Gasteiger partial charge is 0.142 e. The van der Waals surface area contributed by atoms with Gasteiger partial charge in [-0.25, -0.2) is 0 Å². The van der Waals surface area contributed by atoms with E-state index < -0.39 is 0 Å². The van der Waals surface area contributed by atoms with Gasteiger partial charge in [0.15, 0.2) is 0 Å². The van der Waals surface area contributed by atoms with Gasteiger partial charge < -0.3 is 9.84 Å². The molecule has 2 aliphatic rings. The molecule has 0 bridgehead atoms. The Labute approximate surface area is 82.1 Å². The van der Waals surface area contributed by atoms with Crippen LogP contribution in [0.2, 0.25) is 0 Å². The molecule has 1 N–H and O–H groups in total. The highest BCUT2D eigenvalue weighted by molar-refractivity contribution is 5.43. The van der Waals surface area contributed by atoms with Gasteiger partial charge in [-0.2, -0.15) is 0 Å². The van der Waals surface area contributed by atoms with E-state index in [9.17, 15) is 5.11 Å². The molecule has 2 atom stereocenters. The van der Waals surface area contributed by atoms with E-state index in [1.807, 2.05) is 36.4 Å². The van der Waals surface area contributed by atoms with Gasteiger partial charge in [0.2, 0.25) is 0 Å². The molecule has 0 spiro atoms. The zero-order valence-electron chi connectivity index (χ0n) is 7.55. The van der Waals surface area contributed by atoms with Gasteiger partial charge in [0.05, 0.1) is 0 Å². The number of benzene rings is 1. The minimum atomic E-state index is -0.298. The number of aliphatic hydroxyl groups excluding tert-OH is 1. The Hall–Kier alpha value is -1.54. The second-order valence-electron chi connectivity index (χ2n) is 3.62. The highest BCUT2D eigenvalue weighted by Gasteiger charge is 2.56. The van der Waals surface area contributed by atoms with Crippen LogP contribution in [0, 0.1) is 0 Å². The van der Waals surface area contributed by atoms with E-state index in [0.29, 0.717) is 5.76 Å². The van der Waals surface area contributed by atoms with Crippen molar-refractivity contribution < 1.29 is 9.84 Å². The maximum Gasteiger partial charge on any atom is 0.142 e. The van der Waals surface area contributed by atoms with Crippen molar-refractivity contribution >= 4 is 0 Å². The summed E-state index contributed by atoms with van der Waals surface area (Å²) < 4.78 is 5.60. The topological polar surface area (TPSA) is 32.8 Å². The van der Waals surface area contributed by atoms with Crippen molar-refractivity contribution in [3.05, 3.63) is 59.9 Å².